The average Bonchev–Trinajstić information content (AvgIpc) is 2.65. The number of benzene rings is 2. The van der Waals surface area contributed by atoms with Crippen molar-refractivity contribution in [1.29, 1.82) is 0 Å². The normalized spacial score (nSPS) is 10.9. The van der Waals surface area contributed by atoms with Crippen molar-refractivity contribution in [2.45, 2.75) is 20.4 Å². The first-order valence-electron chi connectivity index (χ1n) is 8.93. The van der Waals surface area contributed by atoms with Crippen LogP contribution in [0.25, 0.3) is 10.9 Å². The number of aromatic nitrogens is 1. The molecule has 1 heterocycles. The molecule has 2 aromatic carbocycles. The third kappa shape index (κ3) is 4.35. The molecule has 0 spiro atoms. The Morgan fingerprint density at radius 2 is 1.89 bits per heavy atom. The van der Waals surface area contributed by atoms with Gasteiger partial charge in [0.2, 0.25) is 0 Å². The van der Waals surface area contributed by atoms with Crippen LogP contribution >= 0.6 is 11.6 Å². The Bertz CT molecular complexity index is 1080. The second-order valence-corrected chi connectivity index (χ2v) is 7.11. The number of hydrogen-bond acceptors (Lipinski definition) is 3. The van der Waals surface area contributed by atoms with Gasteiger partial charge in [-0.05, 0) is 60.7 Å². The molecule has 2 amide bonds. The SMILES string of the molecule is Cc1cc2cc(CN(CCO)C(=O)Nc3ccccc3Cl)c(=O)[nH]c2cc1C. The van der Waals surface area contributed by atoms with Gasteiger partial charge in [0.15, 0.2) is 0 Å². The first kappa shape index (κ1) is 19.9. The molecule has 3 rings (SSSR count). The van der Waals surface area contributed by atoms with Crippen LogP contribution in [0.4, 0.5) is 10.5 Å². The molecular weight excluding hydrogens is 378 g/mol. The van der Waals surface area contributed by atoms with E-state index in [0.29, 0.717) is 16.3 Å². The number of carbonyl (C=O) groups excluding carboxylic acids is 1. The van der Waals surface area contributed by atoms with Gasteiger partial charge in [0.25, 0.3) is 5.56 Å². The van der Waals surface area contributed by atoms with Gasteiger partial charge in [0.05, 0.1) is 23.9 Å². The summed E-state index contributed by atoms with van der Waals surface area (Å²) in [4.78, 5) is 29.4. The predicted octanol–water partition coefficient (Wildman–Crippen LogP) is 3.82. The molecule has 3 N–H and O–H groups in total. The van der Waals surface area contributed by atoms with Crippen molar-refractivity contribution in [1.82, 2.24) is 9.88 Å². The van der Waals surface area contributed by atoms with Crippen LogP contribution < -0.4 is 10.9 Å². The molecule has 0 aliphatic rings. The van der Waals surface area contributed by atoms with E-state index in [1.54, 1.807) is 30.3 Å². The summed E-state index contributed by atoms with van der Waals surface area (Å²) in [5.41, 5.74) is 3.62. The Kier molecular flexibility index (Phi) is 6.02. The minimum absolute atomic E-state index is 0.0645. The highest BCUT2D eigenvalue weighted by Gasteiger charge is 2.17. The lowest BCUT2D eigenvalue weighted by molar-refractivity contribution is 0.185. The average molecular weight is 400 g/mol. The van der Waals surface area contributed by atoms with E-state index in [1.807, 2.05) is 26.0 Å². The molecule has 146 valence electrons. The van der Waals surface area contributed by atoms with Crippen molar-refractivity contribution in [3.8, 4) is 0 Å². The number of nitrogens with zero attached hydrogens (tertiary/aromatic N) is 1. The number of anilines is 1. The van der Waals surface area contributed by atoms with E-state index >= 15 is 0 Å². The molecule has 6 nitrogen and oxygen atoms in total. The predicted molar refractivity (Wildman–Crippen MR) is 112 cm³/mol. The molecule has 0 aliphatic carbocycles. The van der Waals surface area contributed by atoms with Crippen LogP contribution in [0.15, 0.2) is 47.3 Å². The number of aryl methyl sites for hydroxylation is 2. The number of nitrogens with one attached hydrogen (secondary N) is 2. The highest BCUT2D eigenvalue weighted by Crippen LogP contribution is 2.21. The molecule has 0 fully saturated rings. The molecular formula is C21H22ClN3O3. The number of carbonyl (C=O) groups is 1. The van der Waals surface area contributed by atoms with Crippen LogP contribution in [0.3, 0.4) is 0 Å². The fourth-order valence-electron chi connectivity index (χ4n) is 2.98. The number of amides is 2. The van der Waals surface area contributed by atoms with E-state index in [4.69, 9.17) is 11.6 Å². The number of pyridine rings is 1. The van der Waals surface area contributed by atoms with Crippen LogP contribution in [0.2, 0.25) is 5.02 Å². The number of halogens is 1. The van der Waals surface area contributed by atoms with Gasteiger partial charge in [-0.3, -0.25) is 4.79 Å². The summed E-state index contributed by atoms with van der Waals surface area (Å²) in [6.07, 6.45) is 0. The maximum atomic E-state index is 12.7. The summed E-state index contributed by atoms with van der Waals surface area (Å²) in [6.45, 7) is 3.92. The van der Waals surface area contributed by atoms with Crippen LogP contribution in [-0.2, 0) is 6.54 Å². The van der Waals surface area contributed by atoms with Gasteiger partial charge >= 0.3 is 6.03 Å². The van der Waals surface area contributed by atoms with Crippen molar-refractivity contribution in [3.05, 3.63) is 74.5 Å². The van der Waals surface area contributed by atoms with E-state index in [0.717, 1.165) is 22.0 Å². The number of aliphatic hydroxyl groups is 1. The van der Waals surface area contributed by atoms with Crippen molar-refractivity contribution in [2.75, 3.05) is 18.5 Å². The second kappa shape index (κ2) is 8.46. The molecule has 0 aliphatic heterocycles. The molecule has 1 aromatic heterocycles. The molecule has 7 heteroatoms. The first-order chi connectivity index (χ1) is 13.4. The first-order valence-corrected chi connectivity index (χ1v) is 9.31. The largest absolute Gasteiger partial charge is 0.395 e. The third-order valence-electron chi connectivity index (χ3n) is 4.67. The lowest BCUT2D eigenvalue weighted by atomic mass is 10.0. The monoisotopic (exact) mass is 399 g/mol. The molecule has 0 bridgehead atoms. The highest BCUT2D eigenvalue weighted by atomic mass is 35.5. The van der Waals surface area contributed by atoms with Gasteiger partial charge in [-0.1, -0.05) is 23.7 Å². The van der Waals surface area contributed by atoms with Crippen LogP contribution in [-0.4, -0.2) is 34.2 Å². The summed E-state index contributed by atoms with van der Waals surface area (Å²) in [5, 5.41) is 13.4. The second-order valence-electron chi connectivity index (χ2n) is 6.70. The van der Waals surface area contributed by atoms with E-state index in [2.05, 4.69) is 10.3 Å². The fraction of sp³-hybridized carbons (Fsp3) is 0.238. The Morgan fingerprint density at radius 1 is 1.18 bits per heavy atom. The number of rotatable bonds is 5. The Balaban J connectivity index is 1.88. The van der Waals surface area contributed by atoms with Gasteiger partial charge in [0.1, 0.15) is 0 Å². The van der Waals surface area contributed by atoms with Gasteiger partial charge in [-0.15, -0.1) is 0 Å². The van der Waals surface area contributed by atoms with E-state index in [1.165, 1.54) is 4.90 Å². The molecule has 0 atom stereocenters. The summed E-state index contributed by atoms with van der Waals surface area (Å²) >= 11 is 6.09. The van der Waals surface area contributed by atoms with Crippen molar-refractivity contribution < 1.29 is 9.90 Å². The summed E-state index contributed by atoms with van der Waals surface area (Å²) < 4.78 is 0. The number of H-pyrrole nitrogens is 1. The van der Waals surface area contributed by atoms with E-state index < -0.39 is 6.03 Å². The Hall–Kier alpha value is -2.83. The van der Waals surface area contributed by atoms with Gasteiger partial charge in [-0.2, -0.15) is 0 Å². The maximum Gasteiger partial charge on any atom is 0.322 e. The standard InChI is InChI=1S/C21H22ClN3O3/c1-13-9-15-11-16(20(27)23-19(15)10-14(13)2)12-25(7-8-26)21(28)24-18-6-4-3-5-17(18)22/h3-6,9-11,26H,7-8,12H2,1-2H3,(H,23,27)(H,24,28). The molecule has 0 saturated heterocycles. The maximum absolute atomic E-state index is 12.7. The zero-order valence-electron chi connectivity index (χ0n) is 15.8. The van der Waals surface area contributed by atoms with Crippen LogP contribution in [0.5, 0.6) is 0 Å². The number of aromatic amines is 1. The summed E-state index contributed by atoms with van der Waals surface area (Å²) in [7, 11) is 0. The number of para-hydroxylation sites is 1. The topological polar surface area (TPSA) is 85.4 Å². The zero-order valence-corrected chi connectivity index (χ0v) is 16.5. The van der Waals surface area contributed by atoms with Crippen LogP contribution in [0, 0.1) is 13.8 Å². The lowest BCUT2D eigenvalue weighted by Gasteiger charge is -2.22. The molecule has 0 unspecified atom stereocenters. The molecule has 28 heavy (non-hydrogen) atoms. The fourth-order valence-corrected chi connectivity index (χ4v) is 3.16. The Morgan fingerprint density at radius 3 is 2.61 bits per heavy atom. The van der Waals surface area contributed by atoms with E-state index in [-0.39, 0.29) is 25.3 Å². The van der Waals surface area contributed by atoms with Crippen LogP contribution in [0.1, 0.15) is 16.7 Å². The van der Waals surface area contributed by atoms with Crippen molar-refractivity contribution in [2.24, 2.45) is 0 Å². The number of hydrogen-bond donors (Lipinski definition) is 3. The highest BCUT2D eigenvalue weighted by molar-refractivity contribution is 6.33. The quantitative estimate of drug-likeness (QED) is 0.609. The Labute approximate surface area is 167 Å². The molecule has 0 saturated carbocycles. The smallest absolute Gasteiger partial charge is 0.322 e. The number of urea groups is 1. The van der Waals surface area contributed by atoms with Gasteiger partial charge < -0.3 is 20.3 Å². The number of aliphatic hydroxyl groups excluding tert-OH is 1. The molecule has 3 aromatic rings. The molecule has 0 radical (unpaired) electrons. The van der Waals surface area contributed by atoms with E-state index in [9.17, 15) is 14.7 Å². The lowest BCUT2D eigenvalue weighted by Crippen LogP contribution is -2.38. The minimum Gasteiger partial charge on any atom is -0.395 e. The van der Waals surface area contributed by atoms with Gasteiger partial charge in [0, 0.05) is 17.6 Å². The number of fused-ring (bicyclic) bond motifs is 1. The van der Waals surface area contributed by atoms with Crippen molar-refractivity contribution >= 4 is 34.2 Å². The minimum atomic E-state index is -0.443. The van der Waals surface area contributed by atoms with Gasteiger partial charge in [-0.25, -0.2) is 4.79 Å². The zero-order chi connectivity index (χ0) is 20.3. The summed E-state index contributed by atoms with van der Waals surface area (Å²) in [5.74, 6) is 0. The van der Waals surface area contributed by atoms with Crippen molar-refractivity contribution in [3.63, 3.8) is 0 Å². The third-order valence-corrected chi connectivity index (χ3v) is 5.00. The summed E-state index contributed by atoms with van der Waals surface area (Å²) in [6, 6.07) is 12.2.